The van der Waals surface area contributed by atoms with Crippen molar-refractivity contribution >= 4 is 33.2 Å². The summed E-state index contributed by atoms with van der Waals surface area (Å²) in [5.41, 5.74) is 0.974. The number of halogens is 1. The van der Waals surface area contributed by atoms with E-state index in [0.717, 1.165) is 6.26 Å². The molecule has 1 amide bonds. The molecule has 0 aliphatic carbocycles. The molecule has 0 heterocycles. The molecule has 140 valence electrons. The third-order valence-electron chi connectivity index (χ3n) is 3.58. The fourth-order valence-corrected chi connectivity index (χ4v) is 3.45. The van der Waals surface area contributed by atoms with Gasteiger partial charge in [-0.05, 0) is 55.5 Å². The molecule has 0 aliphatic rings. The van der Waals surface area contributed by atoms with E-state index in [1.165, 1.54) is 4.31 Å². The Balaban J connectivity index is 1.86. The summed E-state index contributed by atoms with van der Waals surface area (Å²) in [6.07, 6.45) is 1.15. The normalized spacial score (nSPS) is 11.0. The number of carbonyl (C=O) groups excluding carboxylic acids is 1. The van der Waals surface area contributed by atoms with Crippen LogP contribution in [0.4, 0.5) is 5.69 Å². The monoisotopic (exact) mass is 396 g/mol. The predicted molar refractivity (Wildman–Crippen MR) is 104 cm³/mol. The van der Waals surface area contributed by atoms with Crippen LogP contribution in [-0.4, -0.2) is 40.3 Å². The zero-order chi connectivity index (χ0) is 19.2. The number of nitrogens with zero attached hydrogens (tertiary/aromatic N) is 1. The van der Waals surface area contributed by atoms with Crippen molar-refractivity contribution in [2.24, 2.45) is 0 Å². The maximum absolute atomic E-state index is 12.1. The van der Waals surface area contributed by atoms with Gasteiger partial charge in [0, 0.05) is 17.1 Å². The Morgan fingerprint density at radius 2 is 1.73 bits per heavy atom. The minimum absolute atomic E-state index is 0.251. The van der Waals surface area contributed by atoms with E-state index in [1.54, 1.807) is 55.5 Å². The van der Waals surface area contributed by atoms with Crippen LogP contribution < -0.4 is 14.4 Å². The molecule has 0 radical (unpaired) electrons. The first-order chi connectivity index (χ1) is 12.3. The van der Waals surface area contributed by atoms with Crippen molar-refractivity contribution in [2.45, 2.75) is 6.92 Å². The van der Waals surface area contributed by atoms with Gasteiger partial charge in [-0.1, -0.05) is 11.6 Å². The van der Waals surface area contributed by atoms with Crippen molar-refractivity contribution in [3.63, 3.8) is 0 Å². The van der Waals surface area contributed by atoms with Gasteiger partial charge in [0.1, 0.15) is 12.4 Å². The van der Waals surface area contributed by atoms with Gasteiger partial charge in [-0.15, -0.1) is 0 Å². The van der Waals surface area contributed by atoms with E-state index < -0.39 is 10.0 Å². The Bertz CT molecular complexity index is 836. The maximum Gasteiger partial charge on any atom is 0.251 e. The van der Waals surface area contributed by atoms with E-state index in [4.69, 9.17) is 16.3 Å². The number of hydrogen-bond donors (Lipinski definition) is 1. The van der Waals surface area contributed by atoms with Crippen LogP contribution in [0.1, 0.15) is 17.3 Å². The van der Waals surface area contributed by atoms with Crippen LogP contribution in [0.2, 0.25) is 5.02 Å². The molecule has 0 aromatic heterocycles. The number of amides is 1. The Kier molecular flexibility index (Phi) is 6.88. The molecule has 1 N–H and O–H groups in total. The molecule has 0 saturated carbocycles. The second-order valence-electron chi connectivity index (χ2n) is 5.53. The Hall–Kier alpha value is -2.25. The number of benzene rings is 2. The summed E-state index contributed by atoms with van der Waals surface area (Å²) < 4.78 is 30.2. The highest BCUT2D eigenvalue weighted by molar-refractivity contribution is 7.92. The molecule has 0 fully saturated rings. The first-order valence-electron chi connectivity index (χ1n) is 8.05. The van der Waals surface area contributed by atoms with E-state index in [-0.39, 0.29) is 5.91 Å². The van der Waals surface area contributed by atoms with Gasteiger partial charge in [-0.2, -0.15) is 0 Å². The number of rotatable bonds is 8. The van der Waals surface area contributed by atoms with Crippen molar-refractivity contribution in [3.05, 3.63) is 59.1 Å². The Morgan fingerprint density at radius 3 is 2.27 bits per heavy atom. The van der Waals surface area contributed by atoms with Crippen LogP contribution in [-0.2, 0) is 10.0 Å². The summed E-state index contributed by atoms with van der Waals surface area (Å²) in [5, 5.41) is 3.38. The largest absolute Gasteiger partial charge is 0.492 e. The summed E-state index contributed by atoms with van der Waals surface area (Å²) >= 11 is 5.80. The van der Waals surface area contributed by atoms with Crippen LogP contribution in [0.15, 0.2) is 48.5 Å². The zero-order valence-electron chi connectivity index (χ0n) is 14.6. The molecule has 2 rings (SSSR count). The molecule has 0 spiro atoms. The lowest BCUT2D eigenvalue weighted by molar-refractivity contribution is 0.0947. The van der Waals surface area contributed by atoms with Crippen LogP contribution in [0.25, 0.3) is 0 Å². The molecule has 0 atom stereocenters. The molecule has 2 aromatic carbocycles. The van der Waals surface area contributed by atoms with Crippen LogP contribution in [0.5, 0.6) is 5.75 Å². The van der Waals surface area contributed by atoms with Crippen molar-refractivity contribution < 1.29 is 17.9 Å². The maximum atomic E-state index is 12.1. The van der Waals surface area contributed by atoms with E-state index in [1.807, 2.05) is 0 Å². The molecule has 0 unspecified atom stereocenters. The molecular weight excluding hydrogens is 376 g/mol. The van der Waals surface area contributed by atoms with Crippen molar-refractivity contribution in [1.29, 1.82) is 0 Å². The lowest BCUT2D eigenvalue weighted by Gasteiger charge is -2.20. The van der Waals surface area contributed by atoms with Gasteiger partial charge in [-0.25, -0.2) is 8.42 Å². The molecule has 26 heavy (non-hydrogen) atoms. The fraction of sp³-hybridized carbons (Fsp3) is 0.278. The highest BCUT2D eigenvalue weighted by Gasteiger charge is 2.15. The zero-order valence-corrected chi connectivity index (χ0v) is 16.2. The number of sulfonamides is 1. The van der Waals surface area contributed by atoms with E-state index in [2.05, 4.69) is 5.32 Å². The minimum atomic E-state index is -3.34. The molecule has 0 saturated heterocycles. The summed E-state index contributed by atoms with van der Waals surface area (Å²) in [4.78, 5) is 12.1. The van der Waals surface area contributed by atoms with E-state index in [0.29, 0.717) is 41.7 Å². The second-order valence-corrected chi connectivity index (χ2v) is 7.88. The van der Waals surface area contributed by atoms with Crippen LogP contribution in [0.3, 0.4) is 0 Å². The average Bonchev–Trinajstić information content (AvgIpc) is 2.60. The van der Waals surface area contributed by atoms with Crippen molar-refractivity contribution in [3.8, 4) is 5.75 Å². The molecule has 6 nitrogen and oxygen atoms in total. The molecule has 8 heteroatoms. The van der Waals surface area contributed by atoms with Crippen LogP contribution >= 0.6 is 11.6 Å². The van der Waals surface area contributed by atoms with Gasteiger partial charge in [0.15, 0.2) is 0 Å². The fourth-order valence-electron chi connectivity index (χ4n) is 2.35. The van der Waals surface area contributed by atoms with Gasteiger partial charge in [0.05, 0.1) is 18.5 Å². The minimum Gasteiger partial charge on any atom is -0.492 e. The summed E-state index contributed by atoms with van der Waals surface area (Å²) in [6.45, 7) is 2.74. The summed E-state index contributed by atoms with van der Waals surface area (Å²) in [6, 6.07) is 13.4. The molecule has 0 bridgehead atoms. The number of anilines is 1. The van der Waals surface area contributed by atoms with Crippen molar-refractivity contribution in [1.82, 2.24) is 5.32 Å². The van der Waals surface area contributed by atoms with Gasteiger partial charge in [0.25, 0.3) is 5.91 Å². The Labute approximate surface area is 158 Å². The lowest BCUT2D eigenvalue weighted by Crippen LogP contribution is -2.30. The molecule has 0 aliphatic heterocycles. The number of hydrogen-bond acceptors (Lipinski definition) is 4. The van der Waals surface area contributed by atoms with E-state index in [9.17, 15) is 13.2 Å². The first kappa shape index (κ1) is 20.1. The highest BCUT2D eigenvalue weighted by atomic mass is 35.5. The second kappa shape index (κ2) is 8.91. The summed E-state index contributed by atoms with van der Waals surface area (Å²) in [5.74, 6) is 0.423. The Morgan fingerprint density at radius 1 is 1.12 bits per heavy atom. The third-order valence-corrected chi connectivity index (χ3v) is 5.10. The smallest absolute Gasteiger partial charge is 0.251 e. The highest BCUT2D eigenvalue weighted by Crippen LogP contribution is 2.18. The topological polar surface area (TPSA) is 75.7 Å². The number of nitrogens with one attached hydrogen (secondary N) is 1. The first-order valence-corrected chi connectivity index (χ1v) is 10.3. The number of ether oxygens (including phenoxy) is 1. The molecular formula is C18H21ClN2O4S. The quantitative estimate of drug-likeness (QED) is 0.696. The third kappa shape index (κ3) is 5.64. The van der Waals surface area contributed by atoms with Gasteiger partial charge in [0.2, 0.25) is 10.0 Å². The number of carbonyl (C=O) groups is 1. The molecule has 2 aromatic rings. The van der Waals surface area contributed by atoms with Gasteiger partial charge >= 0.3 is 0 Å². The SMILES string of the molecule is CCN(c1ccc(C(=O)NCCOc2ccc(Cl)cc2)cc1)S(C)(=O)=O. The summed E-state index contributed by atoms with van der Waals surface area (Å²) in [7, 11) is -3.34. The van der Waals surface area contributed by atoms with Crippen LogP contribution in [0, 0.1) is 0 Å². The average molecular weight is 397 g/mol. The van der Waals surface area contributed by atoms with E-state index >= 15 is 0 Å². The lowest BCUT2D eigenvalue weighted by atomic mass is 10.2. The standard InChI is InChI=1S/C18H21ClN2O4S/c1-3-21(26(2,23)24)16-8-4-14(5-9-16)18(22)20-12-13-25-17-10-6-15(19)7-11-17/h4-11H,3,12-13H2,1-2H3,(H,20,22). The van der Waals surface area contributed by atoms with Crippen molar-refractivity contribution in [2.75, 3.05) is 30.3 Å². The van der Waals surface area contributed by atoms with Gasteiger partial charge < -0.3 is 10.1 Å². The predicted octanol–water partition coefficient (Wildman–Crippen LogP) is 2.93. The van der Waals surface area contributed by atoms with Gasteiger partial charge in [-0.3, -0.25) is 9.10 Å².